The first kappa shape index (κ1) is 16.2. The third-order valence-corrected chi connectivity index (χ3v) is 3.52. The first-order valence-corrected chi connectivity index (χ1v) is 7.70. The molecule has 118 valence electrons. The molecule has 0 aliphatic carbocycles. The monoisotopic (exact) mass is 301 g/mol. The van der Waals surface area contributed by atoms with E-state index in [2.05, 4.69) is 30.7 Å². The zero-order valence-electron chi connectivity index (χ0n) is 13.7. The Bertz CT molecular complexity index is 647. The van der Waals surface area contributed by atoms with Gasteiger partial charge in [0, 0.05) is 24.0 Å². The number of hydrogen-bond donors (Lipinski definition) is 0. The molecule has 2 rings (SSSR count). The molecule has 0 bridgehead atoms. The van der Waals surface area contributed by atoms with Crippen LogP contribution in [0, 0.1) is 6.92 Å². The third-order valence-electron chi connectivity index (χ3n) is 3.52. The van der Waals surface area contributed by atoms with E-state index in [0.29, 0.717) is 18.3 Å². The standard InChI is InChI=1S/C17H23N3O2/c1-5-6-7-22-17(21)15-8-14(13(4)9-18-15)16-10-20(11-19-16)12(2)3/h8-12H,5-7H2,1-4H3. The topological polar surface area (TPSA) is 57.0 Å². The fourth-order valence-electron chi connectivity index (χ4n) is 2.05. The molecule has 0 spiro atoms. The summed E-state index contributed by atoms with van der Waals surface area (Å²) >= 11 is 0. The molecular weight excluding hydrogens is 278 g/mol. The fourth-order valence-corrected chi connectivity index (χ4v) is 2.05. The number of aryl methyl sites for hydroxylation is 1. The van der Waals surface area contributed by atoms with E-state index in [0.717, 1.165) is 29.7 Å². The summed E-state index contributed by atoms with van der Waals surface area (Å²) in [4.78, 5) is 20.6. The molecule has 22 heavy (non-hydrogen) atoms. The third kappa shape index (κ3) is 3.72. The summed E-state index contributed by atoms with van der Waals surface area (Å²) in [7, 11) is 0. The minimum atomic E-state index is -0.377. The number of aromatic nitrogens is 3. The predicted octanol–water partition coefficient (Wildman–Crippen LogP) is 3.79. The Morgan fingerprint density at radius 2 is 2.14 bits per heavy atom. The van der Waals surface area contributed by atoms with Crippen LogP contribution >= 0.6 is 0 Å². The minimum Gasteiger partial charge on any atom is -0.461 e. The lowest BCUT2D eigenvalue weighted by Crippen LogP contribution is -2.09. The summed E-state index contributed by atoms with van der Waals surface area (Å²) < 4.78 is 7.25. The van der Waals surface area contributed by atoms with Gasteiger partial charge in [0.25, 0.3) is 0 Å². The van der Waals surface area contributed by atoms with Gasteiger partial charge >= 0.3 is 5.97 Å². The number of hydrogen-bond acceptors (Lipinski definition) is 4. The molecule has 0 atom stereocenters. The van der Waals surface area contributed by atoms with Crippen LogP contribution in [0.4, 0.5) is 0 Å². The van der Waals surface area contributed by atoms with Gasteiger partial charge < -0.3 is 9.30 Å². The second-order valence-electron chi connectivity index (χ2n) is 5.67. The average molecular weight is 301 g/mol. The molecule has 0 unspecified atom stereocenters. The van der Waals surface area contributed by atoms with E-state index in [1.165, 1.54) is 0 Å². The molecule has 0 fully saturated rings. The largest absolute Gasteiger partial charge is 0.461 e. The van der Waals surface area contributed by atoms with Gasteiger partial charge in [-0.1, -0.05) is 13.3 Å². The molecular formula is C17H23N3O2. The number of imidazole rings is 1. The van der Waals surface area contributed by atoms with Crippen LogP contribution in [-0.2, 0) is 4.74 Å². The summed E-state index contributed by atoms with van der Waals surface area (Å²) in [5.41, 5.74) is 3.07. The Morgan fingerprint density at radius 1 is 1.36 bits per heavy atom. The quantitative estimate of drug-likeness (QED) is 0.601. The van der Waals surface area contributed by atoms with Crippen molar-refractivity contribution in [2.24, 2.45) is 0 Å². The number of rotatable bonds is 6. The highest BCUT2D eigenvalue weighted by Crippen LogP contribution is 2.23. The van der Waals surface area contributed by atoms with E-state index < -0.39 is 0 Å². The van der Waals surface area contributed by atoms with Gasteiger partial charge in [-0.15, -0.1) is 0 Å². The van der Waals surface area contributed by atoms with Gasteiger partial charge in [0.05, 0.1) is 18.6 Å². The van der Waals surface area contributed by atoms with Crippen molar-refractivity contribution in [2.75, 3.05) is 6.61 Å². The van der Waals surface area contributed by atoms with Crippen molar-refractivity contribution in [3.05, 3.63) is 36.0 Å². The van der Waals surface area contributed by atoms with Crippen LogP contribution in [0.25, 0.3) is 11.3 Å². The molecule has 2 aromatic rings. The minimum absolute atomic E-state index is 0.329. The van der Waals surface area contributed by atoms with Crippen molar-refractivity contribution in [3.8, 4) is 11.3 Å². The number of nitrogens with zero attached hydrogens (tertiary/aromatic N) is 3. The maximum Gasteiger partial charge on any atom is 0.356 e. The summed E-state index contributed by atoms with van der Waals surface area (Å²) in [6.45, 7) is 8.65. The number of esters is 1. The van der Waals surface area contributed by atoms with E-state index in [4.69, 9.17) is 4.74 Å². The average Bonchev–Trinajstić information content (AvgIpc) is 2.97. The van der Waals surface area contributed by atoms with E-state index in [1.807, 2.05) is 17.7 Å². The van der Waals surface area contributed by atoms with Crippen molar-refractivity contribution in [1.82, 2.24) is 14.5 Å². The Kier molecular flexibility index (Phi) is 5.31. The Labute approximate surface area is 131 Å². The molecule has 2 heterocycles. The van der Waals surface area contributed by atoms with E-state index >= 15 is 0 Å². The number of carbonyl (C=O) groups excluding carboxylic acids is 1. The van der Waals surface area contributed by atoms with Crippen LogP contribution in [0.15, 0.2) is 24.8 Å². The van der Waals surface area contributed by atoms with Gasteiger partial charge in [-0.05, 0) is 38.8 Å². The van der Waals surface area contributed by atoms with Gasteiger partial charge in [-0.25, -0.2) is 14.8 Å². The molecule has 0 aromatic carbocycles. The summed E-state index contributed by atoms with van der Waals surface area (Å²) in [5, 5.41) is 0. The van der Waals surface area contributed by atoms with Crippen molar-refractivity contribution in [2.45, 2.75) is 46.6 Å². The van der Waals surface area contributed by atoms with Crippen molar-refractivity contribution < 1.29 is 9.53 Å². The maximum absolute atomic E-state index is 12.0. The Morgan fingerprint density at radius 3 is 2.77 bits per heavy atom. The highest BCUT2D eigenvalue weighted by atomic mass is 16.5. The summed E-state index contributed by atoms with van der Waals surface area (Å²) in [6, 6.07) is 2.11. The molecule has 0 radical (unpaired) electrons. The zero-order chi connectivity index (χ0) is 16.1. The van der Waals surface area contributed by atoms with Crippen molar-refractivity contribution in [1.29, 1.82) is 0 Å². The van der Waals surface area contributed by atoms with Crippen LogP contribution in [0.3, 0.4) is 0 Å². The van der Waals surface area contributed by atoms with E-state index in [1.54, 1.807) is 18.6 Å². The molecule has 0 amide bonds. The van der Waals surface area contributed by atoms with Crippen LogP contribution in [0.1, 0.15) is 55.7 Å². The zero-order valence-corrected chi connectivity index (χ0v) is 13.7. The van der Waals surface area contributed by atoms with Gasteiger partial charge in [-0.3, -0.25) is 0 Å². The normalized spacial score (nSPS) is 11.0. The second-order valence-corrected chi connectivity index (χ2v) is 5.67. The predicted molar refractivity (Wildman–Crippen MR) is 85.8 cm³/mol. The van der Waals surface area contributed by atoms with Gasteiger partial charge in [0.2, 0.25) is 0 Å². The lowest BCUT2D eigenvalue weighted by atomic mass is 10.1. The summed E-state index contributed by atoms with van der Waals surface area (Å²) in [5.74, 6) is -0.377. The van der Waals surface area contributed by atoms with Crippen LogP contribution < -0.4 is 0 Å². The number of pyridine rings is 1. The Balaban J connectivity index is 2.24. The van der Waals surface area contributed by atoms with Crippen molar-refractivity contribution >= 4 is 5.97 Å². The number of ether oxygens (including phenoxy) is 1. The highest BCUT2D eigenvalue weighted by Gasteiger charge is 2.14. The van der Waals surface area contributed by atoms with Gasteiger partial charge in [0.1, 0.15) is 5.69 Å². The van der Waals surface area contributed by atoms with E-state index in [9.17, 15) is 4.79 Å². The molecule has 0 saturated heterocycles. The van der Waals surface area contributed by atoms with Crippen LogP contribution in [0.2, 0.25) is 0 Å². The first-order chi connectivity index (χ1) is 10.5. The molecule has 0 saturated carbocycles. The molecule has 5 nitrogen and oxygen atoms in total. The van der Waals surface area contributed by atoms with Gasteiger partial charge in [0.15, 0.2) is 0 Å². The molecule has 0 N–H and O–H groups in total. The number of unbranched alkanes of at least 4 members (excludes halogenated alkanes) is 1. The van der Waals surface area contributed by atoms with Crippen molar-refractivity contribution in [3.63, 3.8) is 0 Å². The molecule has 0 aliphatic rings. The lowest BCUT2D eigenvalue weighted by Gasteiger charge is -2.07. The SMILES string of the molecule is CCCCOC(=O)c1cc(-c2cn(C(C)C)cn2)c(C)cn1. The lowest BCUT2D eigenvalue weighted by molar-refractivity contribution is 0.0493. The second kappa shape index (κ2) is 7.20. The fraction of sp³-hybridized carbons (Fsp3) is 0.471. The van der Waals surface area contributed by atoms with Crippen LogP contribution in [-0.4, -0.2) is 27.1 Å². The molecule has 2 aromatic heterocycles. The van der Waals surface area contributed by atoms with E-state index in [-0.39, 0.29) is 5.97 Å². The van der Waals surface area contributed by atoms with Crippen LogP contribution in [0.5, 0.6) is 0 Å². The summed E-state index contributed by atoms with van der Waals surface area (Å²) in [6.07, 6.45) is 7.34. The smallest absolute Gasteiger partial charge is 0.356 e. The number of carbonyl (C=O) groups is 1. The Hall–Kier alpha value is -2.17. The van der Waals surface area contributed by atoms with Gasteiger partial charge in [-0.2, -0.15) is 0 Å². The maximum atomic E-state index is 12.0. The highest BCUT2D eigenvalue weighted by molar-refractivity contribution is 5.89. The molecule has 0 aliphatic heterocycles. The first-order valence-electron chi connectivity index (χ1n) is 7.70. The molecule has 5 heteroatoms.